The Labute approximate surface area is 109 Å². The first-order valence-corrected chi connectivity index (χ1v) is 6.93. The van der Waals surface area contributed by atoms with Gasteiger partial charge in [-0.2, -0.15) is 0 Å². The van der Waals surface area contributed by atoms with Crippen molar-refractivity contribution in [2.45, 2.75) is 57.2 Å². The van der Waals surface area contributed by atoms with Crippen molar-refractivity contribution >= 4 is 5.78 Å². The maximum Gasteiger partial charge on any atom is 0.136 e. The Bertz CT molecular complexity index is 451. The molecule has 0 saturated carbocycles. The van der Waals surface area contributed by atoms with E-state index in [0.29, 0.717) is 18.2 Å². The number of piperidine rings is 1. The van der Waals surface area contributed by atoms with Gasteiger partial charge in [0.25, 0.3) is 0 Å². The molecule has 2 heterocycles. The van der Waals surface area contributed by atoms with E-state index in [1.54, 1.807) is 0 Å². The number of rotatable bonds is 1. The summed E-state index contributed by atoms with van der Waals surface area (Å²) in [6, 6.07) is 11.3. The monoisotopic (exact) mass is 243 g/mol. The van der Waals surface area contributed by atoms with Crippen LogP contribution < -0.4 is 0 Å². The van der Waals surface area contributed by atoms with Gasteiger partial charge in [0.05, 0.1) is 0 Å². The summed E-state index contributed by atoms with van der Waals surface area (Å²) in [5.41, 5.74) is 1.52. The summed E-state index contributed by atoms with van der Waals surface area (Å²) in [5, 5.41) is 0. The van der Waals surface area contributed by atoms with Crippen LogP contribution in [0.25, 0.3) is 0 Å². The lowest BCUT2D eigenvalue weighted by molar-refractivity contribution is -0.126. The minimum atomic E-state index is 0.228. The van der Waals surface area contributed by atoms with Gasteiger partial charge in [0, 0.05) is 30.5 Å². The molecule has 3 rings (SSSR count). The van der Waals surface area contributed by atoms with Gasteiger partial charge in [-0.1, -0.05) is 30.3 Å². The molecule has 96 valence electrons. The van der Waals surface area contributed by atoms with Gasteiger partial charge < -0.3 is 0 Å². The molecule has 2 aliphatic rings. The van der Waals surface area contributed by atoms with Crippen LogP contribution in [0.3, 0.4) is 0 Å². The van der Waals surface area contributed by atoms with Crippen LogP contribution in [0.4, 0.5) is 0 Å². The van der Waals surface area contributed by atoms with Crippen LogP contribution in [-0.4, -0.2) is 22.3 Å². The molecule has 0 spiro atoms. The highest BCUT2D eigenvalue weighted by Crippen LogP contribution is 2.45. The molecule has 0 aliphatic carbocycles. The average molecular weight is 243 g/mol. The number of hydrogen-bond donors (Lipinski definition) is 0. The highest BCUT2D eigenvalue weighted by molar-refractivity contribution is 5.81. The van der Waals surface area contributed by atoms with E-state index in [9.17, 15) is 4.79 Å². The van der Waals surface area contributed by atoms with Crippen molar-refractivity contribution in [2.24, 2.45) is 0 Å². The Kier molecular flexibility index (Phi) is 2.78. The van der Waals surface area contributed by atoms with Crippen LogP contribution >= 0.6 is 0 Å². The number of nitrogens with zero attached hydrogens (tertiary/aromatic N) is 1. The molecular weight excluding hydrogens is 222 g/mol. The second-order valence-electron chi connectivity index (χ2n) is 6.29. The van der Waals surface area contributed by atoms with Gasteiger partial charge >= 0.3 is 0 Å². The van der Waals surface area contributed by atoms with Crippen molar-refractivity contribution in [2.75, 3.05) is 0 Å². The van der Waals surface area contributed by atoms with Crippen LogP contribution in [-0.2, 0) is 4.79 Å². The minimum absolute atomic E-state index is 0.228. The second-order valence-corrected chi connectivity index (χ2v) is 6.29. The largest absolute Gasteiger partial charge is 0.300 e. The number of ketones is 1. The van der Waals surface area contributed by atoms with E-state index in [1.165, 1.54) is 18.4 Å². The fourth-order valence-corrected chi connectivity index (χ4v) is 3.77. The maximum absolute atomic E-state index is 12.0. The molecule has 1 aromatic rings. The Balaban J connectivity index is 1.98. The molecule has 18 heavy (non-hydrogen) atoms. The molecule has 0 unspecified atom stereocenters. The molecule has 0 aromatic heterocycles. The van der Waals surface area contributed by atoms with Crippen molar-refractivity contribution in [1.29, 1.82) is 0 Å². The van der Waals surface area contributed by atoms with Crippen LogP contribution in [0, 0.1) is 0 Å². The first kappa shape index (κ1) is 11.9. The third kappa shape index (κ3) is 1.89. The first-order chi connectivity index (χ1) is 8.58. The lowest BCUT2D eigenvalue weighted by Gasteiger charge is -2.45. The number of hydrogen-bond acceptors (Lipinski definition) is 2. The topological polar surface area (TPSA) is 20.3 Å². The zero-order valence-electron chi connectivity index (χ0n) is 11.2. The third-order valence-corrected chi connectivity index (χ3v) is 4.59. The number of carbonyl (C=O) groups is 1. The molecule has 2 nitrogen and oxygen atoms in total. The molecule has 0 N–H and O–H groups in total. The molecule has 2 atom stereocenters. The summed E-state index contributed by atoms with van der Waals surface area (Å²) in [4.78, 5) is 14.6. The summed E-state index contributed by atoms with van der Waals surface area (Å²) in [5.74, 6) is 0.433. The number of carbonyl (C=O) groups excluding carboxylic acids is 1. The zero-order valence-corrected chi connectivity index (χ0v) is 11.2. The molecule has 2 fully saturated rings. The summed E-state index contributed by atoms with van der Waals surface area (Å²) in [6.45, 7) is 4.64. The van der Waals surface area contributed by atoms with E-state index in [0.717, 1.165) is 6.42 Å². The van der Waals surface area contributed by atoms with E-state index < -0.39 is 0 Å². The Morgan fingerprint density at radius 2 is 1.89 bits per heavy atom. The third-order valence-electron chi connectivity index (χ3n) is 4.59. The molecular formula is C16H21NO. The van der Waals surface area contributed by atoms with Crippen LogP contribution in [0.1, 0.15) is 51.1 Å². The minimum Gasteiger partial charge on any atom is -0.300 e. The highest BCUT2D eigenvalue weighted by atomic mass is 16.1. The normalized spacial score (nSPS) is 31.3. The smallest absolute Gasteiger partial charge is 0.136 e. The average Bonchev–Trinajstić information content (AvgIpc) is 2.65. The molecule has 1 aromatic carbocycles. The highest BCUT2D eigenvalue weighted by Gasteiger charge is 2.47. The standard InChI is InChI=1S/C16H21NO/c1-16(2)9-8-13-10-14(18)11-15(17(13)16)12-6-4-3-5-7-12/h3-7,13,15H,8-11H2,1-2H3/t13-,15+/m0/s1. The lowest BCUT2D eigenvalue weighted by Crippen LogP contribution is -2.49. The van der Waals surface area contributed by atoms with E-state index in [1.807, 2.05) is 6.07 Å². The van der Waals surface area contributed by atoms with Crippen molar-refractivity contribution in [1.82, 2.24) is 4.90 Å². The molecule has 0 radical (unpaired) electrons. The SMILES string of the molecule is CC1(C)CC[C@H]2CC(=O)C[C@H](c3ccccc3)N21. The van der Waals surface area contributed by atoms with Crippen molar-refractivity contribution in [3.05, 3.63) is 35.9 Å². The quantitative estimate of drug-likeness (QED) is 0.754. The molecule has 2 heteroatoms. The van der Waals surface area contributed by atoms with Gasteiger partial charge in [0.1, 0.15) is 5.78 Å². The van der Waals surface area contributed by atoms with E-state index in [2.05, 4.69) is 43.0 Å². The lowest BCUT2D eigenvalue weighted by atomic mass is 9.89. The predicted molar refractivity (Wildman–Crippen MR) is 72.4 cm³/mol. The Morgan fingerprint density at radius 1 is 1.17 bits per heavy atom. The molecule has 2 aliphatic heterocycles. The van der Waals surface area contributed by atoms with Crippen molar-refractivity contribution in [3.63, 3.8) is 0 Å². The number of fused-ring (bicyclic) bond motifs is 1. The van der Waals surface area contributed by atoms with E-state index >= 15 is 0 Å². The van der Waals surface area contributed by atoms with Crippen LogP contribution in [0.15, 0.2) is 30.3 Å². The number of Topliss-reactive ketones (excluding diaryl/α,β-unsaturated/α-hetero) is 1. The van der Waals surface area contributed by atoms with Crippen LogP contribution in [0.5, 0.6) is 0 Å². The summed E-state index contributed by atoms with van der Waals surface area (Å²) in [6.07, 6.45) is 3.81. The molecule has 0 amide bonds. The predicted octanol–water partition coefficient (Wildman–Crippen LogP) is 3.33. The van der Waals surface area contributed by atoms with E-state index in [4.69, 9.17) is 0 Å². The molecule has 0 bridgehead atoms. The second kappa shape index (κ2) is 4.20. The van der Waals surface area contributed by atoms with Gasteiger partial charge in [-0.05, 0) is 32.3 Å². The van der Waals surface area contributed by atoms with Crippen molar-refractivity contribution in [3.8, 4) is 0 Å². The van der Waals surface area contributed by atoms with Gasteiger partial charge in [-0.3, -0.25) is 9.69 Å². The zero-order chi connectivity index (χ0) is 12.8. The van der Waals surface area contributed by atoms with Gasteiger partial charge in [0.2, 0.25) is 0 Å². The Morgan fingerprint density at radius 3 is 2.61 bits per heavy atom. The first-order valence-electron chi connectivity index (χ1n) is 6.93. The molecule has 2 saturated heterocycles. The van der Waals surface area contributed by atoms with Crippen molar-refractivity contribution < 1.29 is 4.79 Å². The maximum atomic E-state index is 12.0. The van der Waals surface area contributed by atoms with Gasteiger partial charge in [-0.25, -0.2) is 0 Å². The van der Waals surface area contributed by atoms with Gasteiger partial charge in [0.15, 0.2) is 0 Å². The number of benzene rings is 1. The van der Waals surface area contributed by atoms with Gasteiger partial charge in [-0.15, -0.1) is 0 Å². The van der Waals surface area contributed by atoms with E-state index in [-0.39, 0.29) is 11.6 Å². The summed E-state index contributed by atoms with van der Waals surface area (Å²) >= 11 is 0. The van der Waals surface area contributed by atoms with Crippen LogP contribution in [0.2, 0.25) is 0 Å². The summed E-state index contributed by atoms with van der Waals surface area (Å²) in [7, 11) is 0. The fraction of sp³-hybridized carbons (Fsp3) is 0.562. The summed E-state index contributed by atoms with van der Waals surface area (Å²) < 4.78 is 0. The fourth-order valence-electron chi connectivity index (χ4n) is 3.77. The Hall–Kier alpha value is -1.15.